The molecular weight excluding hydrogens is 426 g/mol. The van der Waals surface area contributed by atoms with E-state index in [1.165, 1.54) is 17.2 Å². The molecule has 1 amide bonds. The molecule has 4 aromatic rings. The van der Waals surface area contributed by atoms with Crippen LogP contribution >= 0.6 is 0 Å². The first-order chi connectivity index (χ1) is 16.6. The molecule has 0 fully saturated rings. The smallest absolute Gasteiger partial charge is 0.248 e. The van der Waals surface area contributed by atoms with Crippen molar-refractivity contribution in [3.63, 3.8) is 0 Å². The number of hydrogen-bond donors (Lipinski definition) is 1. The fourth-order valence-corrected chi connectivity index (χ4v) is 3.53. The number of nitrogens with one attached hydrogen (secondary N) is 1. The average Bonchev–Trinajstić information content (AvgIpc) is 3.30. The van der Waals surface area contributed by atoms with Crippen molar-refractivity contribution in [3.05, 3.63) is 114 Å². The number of carbonyl (C=O) groups excluding carboxylic acids is 1. The Morgan fingerprint density at radius 3 is 2.62 bits per heavy atom. The van der Waals surface area contributed by atoms with E-state index in [2.05, 4.69) is 29.5 Å². The van der Waals surface area contributed by atoms with E-state index in [4.69, 9.17) is 9.47 Å². The highest BCUT2D eigenvalue weighted by molar-refractivity contribution is 6.01. The van der Waals surface area contributed by atoms with Crippen molar-refractivity contribution in [2.75, 3.05) is 12.4 Å². The number of hydrogen-bond acceptors (Lipinski definition) is 4. The Kier molecular flexibility index (Phi) is 7.40. The summed E-state index contributed by atoms with van der Waals surface area (Å²) in [7, 11) is 1.63. The molecule has 0 aliphatic heterocycles. The number of benzene rings is 3. The monoisotopic (exact) mass is 453 g/mol. The second kappa shape index (κ2) is 11.0. The van der Waals surface area contributed by atoms with Crippen LogP contribution in [-0.2, 0) is 17.9 Å². The van der Waals surface area contributed by atoms with E-state index >= 15 is 0 Å². The van der Waals surface area contributed by atoms with Crippen molar-refractivity contribution in [1.29, 1.82) is 0 Å². The van der Waals surface area contributed by atoms with Gasteiger partial charge in [-0.05, 0) is 54.0 Å². The number of amides is 1. The highest BCUT2D eigenvalue weighted by Crippen LogP contribution is 2.23. The molecule has 34 heavy (non-hydrogen) atoms. The van der Waals surface area contributed by atoms with Crippen LogP contribution in [-0.4, -0.2) is 22.8 Å². The molecule has 1 heterocycles. The molecule has 1 aromatic heterocycles. The van der Waals surface area contributed by atoms with Crippen LogP contribution in [0.5, 0.6) is 11.5 Å². The van der Waals surface area contributed by atoms with Crippen LogP contribution in [0.4, 0.5) is 5.69 Å². The minimum Gasteiger partial charge on any atom is -0.496 e. The third-order valence-electron chi connectivity index (χ3n) is 5.36. The van der Waals surface area contributed by atoms with Gasteiger partial charge in [-0.15, -0.1) is 0 Å². The first kappa shape index (κ1) is 22.9. The topological polar surface area (TPSA) is 65.4 Å². The van der Waals surface area contributed by atoms with E-state index in [-0.39, 0.29) is 5.91 Å². The summed E-state index contributed by atoms with van der Waals surface area (Å²) < 4.78 is 13.1. The van der Waals surface area contributed by atoms with E-state index in [1.807, 2.05) is 71.5 Å². The van der Waals surface area contributed by atoms with Crippen LogP contribution in [0.3, 0.4) is 0 Å². The molecule has 0 unspecified atom stereocenters. The van der Waals surface area contributed by atoms with Crippen LogP contribution in [0.1, 0.15) is 22.3 Å². The van der Waals surface area contributed by atoms with Crippen LogP contribution in [0, 0.1) is 6.92 Å². The molecule has 0 bridgehead atoms. The number of ether oxygens (including phenoxy) is 2. The maximum absolute atomic E-state index is 12.4. The quantitative estimate of drug-likeness (QED) is 0.341. The Balaban J connectivity index is 1.37. The summed E-state index contributed by atoms with van der Waals surface area (Å²) >= 11 is 0. The van der Waals surface area contributed by atoms with E-state index < -0.39 is 0 Å². The second-order valence-corrected chi connectivity index (χ2v) is 7.85. The van der Waals surface area contributed by atoms with Gasteiger partial charge in [-0.3, -0.25) is 9.48 Å². The van der Waals surface area contributed by atoms with Crippen molar-refractivity contribution in [2.24, 2.45) is 0 Å². The first-order valence-corrected chi connectivity index (χ1v) is 11.0. The molecule has 0 aliphatic rings. The van der Waals surface area contributed by atoms with Gasteiger partial charge < -0.3 is 14.8 Å². The Bertz CT molecular complexity index is 1280. The highest BCUT2D eigenvalue weighted by Gasteiger charge is 2.07. The van der Waals surface area contributed by atoms with Crippen LogP contribution in [0.25, 0.3) is 6.08 Å². The Labute approximate surface area is 199 Å². The van der Waals surface area contributed by atoms with Gasteiger partial charge in [0.1, 0.15) is 18.1 Å². The summed E-state index contributed by atoms with van der Waals surface area (Å²) in [5.41, 5.74) is 4.81. The van der Waals surface area contributed by atoms with Gasteiger partial charge in [-0.25, -0.2) is 0 Å². The van der Waals surface area contributed by atoms with Crippen LogP contribution in [0.15, 0.2) is 91.3 Å². The Morgan fingerprint density at radius 2 is 1.82 bits per heavy atom. The molecule has 6 nitrogen and oxygen atoms in total. The predicted molar refractivity (Wildman–Crippen MR) is 134 cm³/mol. The number of aromatic nitrogens is 2. The molecule has 1 N–H and O–H groups in total. The van der Waals surface area contributed by atoms with Crippen molar-refractivity contribution in [1.82, 2.24) is 9.78 Å². The molecule has 4 rings (SSSR count). The van der Waals surface area contributed by atoms with E-state index in [1.54, 1.807) is 19.4 Å². The molecule has 0 saturated heterocycles. The standard InChI is InChI=1S/C28H27N3O3/c1-21-8-6-7-9-23(21)18-31-19-25(17-29-31)30-28(32)15-13-22-12-14-27(33-2)24(16-22)20-34-26-10-4-3-5-11-26/h3-17,19H,18,20H2,1-2H3,(H,30,32)/b15-13+. The summed E-state index contributed by atoms with van der Waals surface area (Å²) in [5, 5.41) is 7.21. The van der Waals surface area contributed by atoms with Gasteiger partial charge >= 0.3 is 0 Å². The molecular formula is C28H27N3O3. The first-order valence-electron chi connectivity index (χ1n) is 11.0. The largest absolute Gasteiger partial charge is 0.496 e. The third-order valence-corrected chi connectivity index (χ3v) is 5.36. The molecule has 0 radical (unpaired) electrons. The Hall–Kier alpha value is -4.32. The zero-order valence-electron chi connectivity index (χ0n) is 19.3. The van der Waals surface area contributed by atoms with Gasteiger partial charge in [0.2, 0.25) is 5.91 Å². The van der Waals surface area contributed by atoms with Crippen molar-refractivity contribution < 1.29 is 14.3 Å². The lowest BCUT2D eigenvalue weighted by Gasteiger charge is -2.11. The molecule has 0 spiro atoms. The van der Waals surface area contributed by atoms with Gasteiger partial charge in [0.25, 0.3) is 0 Å². The van der Waals surface area contributed by atoms with Gasteiger partial charge in [0.15, 0.2) is 0 Å². The number of methoxy groups -OCH3 is 1. The molecule has 0 atom stereocenters. The van der Waals surface area contributed by atoms with E-state index in [0.717, 1.165) is 22.6 Å². The number of rotatable bonds is 9. The zero-order chi connectivity index (χ0) is 23.8. The third kappa shape index (κ3) is 6.13. The molecule has 6 heteroatoms. The summed E-state index contributed by atoms with van der Waals surface area (Å²) in [6, 6.07) is 23.5. The minimum atomic E-state index is -0.228. The fraction of sp³-hybridized carbons (Fsp3) is 0.143. The van der Waals surface area contributed by atoms with Crippen molar-refractivity contribution in [2.45, 2.75) is 20.1 Å². The minimum absolute atomic E-state index is 0.228. The summed E-state index contributed by atoms with van der Waals surface area (Å²) in [6.45, 7) is 3.09. The maximum Gasteiger partial charge on any atom is 0.248 e. The average molecular weight is 454 g/mol. The lowest BCUT2D eigenvalue weighted by molar-refractivity contribution is -0.111. The lowest BCUT2D eigenvalue weighted by atomic mass is 10.1. The van der Waals surface area contributed by atoms with E-state index in [0.29, 0.717) is 18.8 Å². The zero-order valence-corrected chi connectivity index (χ0v) is 19.3. The predicted octanol–water partition coefficient (Wildman–Crippen LogP) is 5.48. The molecule has 0 saturated carbocycles. The van der Waals surface area contributed by atoms with Gasteiger partial charge in [-0.2, -0.15) is 5.10 Å². The summed E-state index contributed by atoms with van der Waals surface area (Å²) in [6.07, 6.45) is 6.74. The number of carbonyl (C=O) groups is 1. The van der Waals surface area contributed by atoms with Crippen LogP contribution < -0.4 is 14.8 Å². The number of aryl methyl sites for hydroxylation is 1. The van der Waals surface area contributed by atoms with Gasteiger partial charge in [-0.1, -0.05) is 48.5 Å². The maximum atomic E-state index is 12.4. The van der Waals surface area contributed by atoms with Crippen molar-refractivity contribution in [3.8, 4) is 11.5 Å². The molecule has 172 valence electrons. The molecule has 3 aromatic carbocycles. The molecule has 0 aliphatic carbocycles. The Morgan fingerprint density at radius 1 is 1.03 bits per heavy atom. The van der Waals surface area contributed by atoms with Crippen LogP contribution in [0.2, 0.25) is 0 Å². The summed E-state index contributed by atoms with van der Waals surface area (Å²) in [5.74, 6) is 1.29. The normalized spacial score (nSPS) is 10.9. The van der Waals surface area contributed by atoms with Gasteiger partial charge in [0.05, 0.1) is 25.5 Å². The van der Waals surface area contributed by atoms with Gasteiger partial charge in [0, 0.05) is 17.8 Å². The number of anilines is 1. The van der Waals surface area contributed by atoms with Crippen molar-refractivity contribution >= 4 is 17.7 Å². The number of para-hydroxylation sites is 1. The fourth-order valence-electron chi connectivity index (χ4n) is 3.53. The second-order valence-electron chi connectivity index (χ2n) is 7.85. The summed E-state index contributed by atoms with van der Waals surface area (Å²) in [4.78, 5) is 12.4. The van der Waals surface area contributed by atoms with E-state index in [9.17, 15) is 4.79 Å². The highest BCUT2D eigenvalue weighted by atomic mass is 16.5. The SMILES string of the molecule is COc1ccc(/C=C/C(=O)Nc2cnn(Cc3ccccc3C)c2)cc1COc1ccccc1. The number of nitrogens with zero attached hydrogens (tertiary/aromatic N) is 2. The lowest BCUT2D eigenvalue weighted by Crippen LogP contribution is -2.07.